The fourth-order valence-corrected chi connectivity index (χ4v) is 3.57. The van der Waals surface area contributed by atoms with E-state index < -0.39 is 6.10 Å². The van der Waals surface area contributed by atoms with E-state index in [0.29, 0.717) is 53.1 Å². The molecule has 8 nitrogen and oxygen atoms in total. The highest BCUT2D eigenvalue weighted by atomic mass is 19.1. The van der Waals surface area contributed by atoms with Crippen LogP contribution in [0.3, 0.4) is 0 Å². The maximum Gasteiger partial charge on any atom is 0.276 e. The molecule has 0 aliphatic carbocycles. The maximum absolute atomic E-state index is 13.7. The first-order valence-corrected chi connectivity index (χ1v) is 8.27. The number of aromatic nitrogens is 5. The molecule has 0 saturated carbocycles. The van der Waals surface area contributed by atoms with Crippen LogP contribution < -0.4 is 10.5 Å². The van der Waals surface area contributed by atoms with Gasteiger partial charge in [-0.15, -0.1) is 0 Å². The highest BCUT2D eigenvalue weighted by molar-refractivity contribution is 6.06. The Labute approximate surface area is 145 Å². The summed E-state index contributed by atoms with van der Waals surface area (Å²) in [6.45, 7) is 1.08. The summed E-state index contributed by atoms with van der Waals surface area (Å²) in [6, 6.07) is 4.39. The van der Waals surface area contributed by atoms with Crippen LogP contribution >= 0.6 is 0 Å². The minimum absolute atomic E-state index is 0.319. The quantitative estimate of drug-likeness (QED) is 0.503. The molecule has 1 aliphatic rings. The van der Waals surface area contributed by atoms with Gasteiger partial charge in [0, 0.05) is 18.5 Å². The predicted octanol–water partition coefficient (Wildman–Crippen LogP) is 1.30. The van der Waals surface area contributed by atoms with E-state index in [2.05, 4.69) is 20.2 Å². The molecule has 1 atom stereocenters. The number of hydrogen-bond donors (Lipinski definition) is 3. The summed E-state index contributed by atoms with van der Waals surface area (Å²) < 4.78 is 15.4. The van der Waals surface area contributed by atoms with Gasteiger partial charge in [0.1, 0.15) is 11.5 Å². The molecule has 3 aromatic heterocycles. The minimum Gasteiger partial charge on any atom is -0.391 e. The van der Waals surface area contributed by atoms with Crippen molar-refractivity contribution in [3.8, 4) is 5.69 Å². The van der Waals surface area contributed by atoms with Gasteiger partial charge >= 0.3 is 0 Å². The molecule has 1 aromatic carbocycles. The van der Waals surface area contributed by atoms with Crippen molar-refractivity contribution in [2.75, 3.05) is 18.0 Å². The number of β-amino-alcohol motifs (C(OH)–C–C–N with tert-alkyl or cyclic N) is 1. The molecule has 0 unspecified atom stereocenters. The molecule has 0 bridgehead atoms. The largest absolute Gasteiger partial charge is 0.391 e. The third kappa shape index (κ3) is 2.14. The maximum atomic E-state index is 13.7. The third-order valence-electron chi connectivity index (χ3n) is 4.80. The van der Waals surface area contributed by atoms with Gasteiger partial charge in [0.05, 0.1) is 35.0 Å². The van der Waals surface area contributed by atoms with Gasteiger partial charge in [-0.1, -0.05) is 0 Å². The van der Waals surface area contributed by atoms with Crippen LogP contribution in [-0.2, 0) is 0 Å². The molecule has 0 amide bonds. The molecule has 3 N–H and O–H groups in total. The molecule has 5 rings (SSSR count). The van der Waals surface area contributed by atoms with E-state index in [0.717, 1.165) is 0 Å². The van der Waals surface area contributed by atoms with E-state index in [9.17, 15) is 14.3 Å². The fourth-order valence-electron chi connectivity index (χ4n) is 3.57. The van der Waals surface area contributed by atoms with Crippen LogP contribution in [0.15, 0.2) is 35.4 Å². The smallest absolute Gasteiger partial charge is 0.276 e. The van der Waals surface area contributed by atoms with Crippen LogP contribution in [-0.4, -0.2) is 49.0 Å². The number of fused-ring (bicyclic) bond motifs is 3. The van der Waals surface area contributed by atoms with E-state index in [-0.39, 0.29) is 11.4 Å². The molecular formula is C17H15FN6O2. The lowest BCUT2D eigenvalue weighted by Gasteiger charge is -2.16. The van der Waals surface area contributed by atoms with Crippen LogP contribution in [0.2, 0.25) is 0 Å². The van der Waals surface area contributed by atoms with Crippen LogP contribution in [0.5, 0.6) is 0 Å². The van der Waals surface area contributed by atoms with Crippen molar-refractivity contribution in [2.24, 2.45) is 0 Å². The van der Waals surface area contributed by atoms with Gasteiger partial charge in [-0.3, -0.25) is 19.4 Å². The number of H-pyrrole nitrogens is 2. The van der Waals surface area contributed by atoms with Crippen molar-refractivity contribution in [2.45, 2.75) is 12.5 Å². The van der Waals surface area contributed by atoms with Gasteiger partial charge in [-0.05, 0) is 24.6 Å². The number of aliphatic hydroxyl groups is 1. The van der Waals surface area contributed by atoms with E-state index in [1.165, 1.54) is 18.3 Å². The zero-order valence-corrected chi connectivity index (χ0v) is 13.6. The zero-order chi connectivity index (χ0) is 17.8. The second-order valence-electron chi connectivity index (χ2n) is 6.44. The second kappa shape index (κ2) is 5.40. The van der Waals surface area contributed by atoms with Crippen LogP contribution in [0.4, 0.5) is 10.3 Å². The Balaban J connectivity index is 1.70. The molecule has 4 aromatic rings. The van der Waals surface area contributed by atoms with Gasteiger partial charge in [0.2, 0.25) is 5.95 Å². The Morgan fingerprint density at radius 3 is 2.92 bits per heavy atom. The molecule has 9 heteroatoms. The molecule has 1 saturated heterocycles. The number of anilines is 1. The number of hydrogen-bond acceptors (Lipinski definition) is 5. The standard InChI is InChI=1S/C17H15FN6O2/c18-9-1-2-12-11(5-9)15-13(7-20-22-15)24(12)14-6-19-17(21-16(14)26)23-4-3-10(25)8-23/h1-2,5-7,10,25H,3-4,8H2,(H,20,22)(H,19,21,26)/t10-/m1/s1. The number of aromatic amines is 2. The number of nitrogens with one attached hydrogen (secondary N) is 2. The Hall–Kier alpha value is -3.20. The van der Waals surface area contributed by atoms with Crippen molar-refractivity contribution < 1.29 is 9.50 Å². The van der Waals surface area contributed by atoms with Gasteiger partial charge in [0.15, 0.2) is 0 Å². The number of nitrogens with zero attached hydrogens (tertiary/aromatic N) is 4. The first kappa shape index (κ1) is 15.1. The summed E-state index contributed by atoms with van der Waals surface area (Å²) in [7, 11) is 0. The third-order valence-corrected chi connectivity index (χ3v) is 4.80. The lowest BCUT2D eigenvalue weighted by atomic mass is 10.2. The average Bonchev–Trinajstić information content (AvgIpc) is 3.31. The number of benzene rings is 1. The van der Waals surface area contributed by atoms with Gasteiger partial charge in [-0.25, -0.2) is 9.37 Å². The Bertz CT molecular complexity index is 1190. The lowest BCUT2D eigenvalue weighted by molar-refractivity contribution is 0.198. The Morgan fingerprint density at radius 2 is 2.15 bits per heavy atom. The normalized spacial score (nSPS) is 17.6. The summed E-state index contributed by atoms with van der Waals surface area (Å²) >= 11 is 0. The molecule has 0 radical (unpaired) electrons. The fraction of sp³-hybridized carbons (Fsp3) is 0.235. The van der Waals surface area contributed by atoms with Crippen molar-refractivity contribution >= 4 is 27.9 Å². The molecule has 132 valence electrons. The number of aliphatic hydroxyl groups excluding tert-OH is 1. The van der Waals surface area contributed by atoms with E-state index in [1.807, 2.05) is 4.90 Å². The second-order valence-corrected chi connectivity index (χ2v) is 6.44. The number of halogens is 1. The average molecular weight is 354 g/mol. The van der Waals surface area contributed by atoms with Gasteiger partial charge in [-0.2, -0.15) is 5.10 Å². The first-order chi connectivity index (χ1) is 12.6. The first-order valence-electron chi connectivity index (χ1n) is 8.27. The van der Waals surface area contributed by atoms with E-state index in [4.69, 9.17) is 0 Å². The van der Waals surface area contributed by atoms with Crippen molar-refractivity contribution in [3.05, 3.63) is 46.8 Å². The topological polar surface area (TPSA) is 103 Å². The molecule has 1 aliphatic heterocycles. The van der Waals surface area contributed by atoms with Crippen molar-refractivity contribution in [1.82, 2.24) is 24.7 Å². The minimum atomic E-state index is -0.408. The summed E-state index contributed by atoms with van der Waals surface area (Å²) in [5.74, 6) is 0.0716. The lowest BCUT2D eigenvalue weighted by Crippen LogP contribution is -2.27. The van der Waals surface area contributed by atoms with Crippen molar-refractivity contribution in [3.63, 3.8) is 0 Å². The summed E-state index contributed by atoms with van der Waals surface area (Å²) in [4.78, 5) is 21.7. The summed E-state index contributed by atoms with van der Waals surface area (Å²) in [5, 5.41) is 17.2. The molecule has 4 heterocycles. The predicted molar refractivity (Wildman–Crippen MR) is 94.1 cm³/mol. The summed E-state index contributed by atoms with van der Waals surface area (Å²) in [5.41, 5.74) is 2.02. The van der Waals surface area contributed by atoms with Crippen LogP contribution in [0, 0.1) is 5.82 Å². The van der Waals surface area contributed by atoms with Gasteiger partial charge in [0.25, 0.3) is 5.56 Å². The molecule has 1 fully saturated rings. The summed E-state index contributed by atoms with van der Waals surface area (Å²) in [6.07, 6.45) is 3.33. The van der Waals surface area contributed by atoms with Gasteiger partial charge < -0.3 is 10.0 Å². The van der Waals surface area contributed by atoms with Crippen LogP contribution in [0.25, 0.3) is 27.6 Å². The SMILES string of the molecule is O=c1[nH]c(N2CC[C@@H](O)C2)ncc1-n1c2ccc(F)cc2c2[nH]ncc21. The Morgan fingerprint density at radius 1 is 1.27 bits per heavy atom. The van der Waals surface area contributed by atoms with E-state index >= 15 is 0 Å². The zero-order valence-electron chi connectivity index (χ0n) is 13.6. The highest BCUT2D eigenvalue weighted by Crippen LogP contribution is 2.30. The molecule has 26 heavy (non-hydrogen) atoms. The van der Waals surface area contributed by atoms with E-state index in [1.54, 1.807) is 16.8 Å². The number of rotatable bonds is 2. The highest BCUT2D eigenvalue weighted by Gasteiger charge is 2.23. The van der Waals surface area contributed by atoms with Crippen molar-refractivity contribution in [1.29, 1.82) is 0 Å². The molecular weight excluding hydrogens is 339 g/mol. The molecule has 0 spiro atoms. The van der Waals surface area contributed by atoms with Crippen LogP contribution in [0.1, 0.15) is 6.42 Å². The monoisotopic (exact) mass is 354 g/mol. The Kier molecular flexibility index (Phi) is 3.13.